The van der Waals surface area contributed by atoms with Crippen molar-refractivity contribution in [2.75, 3.05) is 14.1 Å². The minimum Gasteiger partial charge on any atom is -0.481 e. The van der Waals surface area contributed by atoms with E-state index in [1.807, 2.05) is 38.1 Å². The number of likely N-dealkylation sites (N-methyl/N-ethyl adjacent to an activating group) is 1. The molecule has 1 aliphatic carbocycles. The molecule has 0 spiro atoms. The molecular weight excluding hydrogens is 178 g/mol. The molecule has 0 aromatic heterocycles. The van der Waals surface area contributed by atoms with Crippen LogP contribution in [-0.4, -0.2) is 35.6 Å². The summed E-state index contributed by atoms with van der Waals surface area (Å²) in [4.78, 5) is 13.1. The fourth-order valence-corrected chi connectivity index (χ4v) is 2.05. The van der Waals surface area contributed by atoms with E-state index in [0.29, 0.717) is 0 Å². The lowest BCUT2D eigenvalue weighted by molar-refractivity contribution is -0.143. The largest absolute Gasteiger partial charge is 0.481 e. The molecule has 0 amide bonds. The minimum atomic E-state index is -0.763. The summed E-state index contributed by atoms with van der Waals surface area (Å²) in [6.07, 6.45) is 8.24. The molecule has 3 nitrogen and oxygen atoms in total. The van der Waals surface area contributed by atoms with Crippen molar-refractivity contribution in [3.8, 4) is 0 Å². The normalized spacial score (nSPS) is 31.0. The van der Waals surface area contributed by atoms with Crippen molar-refractivity contribution in [2.45, 2.75) is 18.9 Å². The van der Waals surface area contributed by atoms with Crippen LogP contribution in [-0.2, 0) is 4.79 Å². The van der Waals surface area contributed by atoms with Crippen LogP contribution in [0.2, 0.25) is 0 Å². The number of allylic oxidation sites excluding steroid dienone is 2. The standard InChI is InChI=1S/C11H17NO2/c1-4-11(12(2)3)8-6-5-7-9(11)10(13)14/h5-9H,4H2,1-3H3,(H,13,14). The second-order valence-corrected chi connectivity index (χ2v) is 3.80. The molecular formula is C11H17NO2. The molecule has 14 heavy (non-hydrogen) atoms. The van der Waals surface area contributed by atoms with Gasteiger partial charge in [-0.05, 0) is 20.5 Å². The first-order valence-electron chi connectivity index (χ1n) is 4.81. The minimum absolute atomic E-state index is 0.374. The maximum absolute atomic E-state index is 11.1. The van der Waals surface area contributed by atoms with Gasteiger partial charge in [-0.15, -0.1) is 0 Å². The molecule has 1 N–H and O–H groups in total. The van der Waals surface area contributed by atoms with Crippen LogP contribution >= 0.6 is 0 Å². The number of hydrogen-bond donors (Lipinski definition) is 1. The first-order valence-corrected chi connectivity index (χ1v) is 4.81. The van der Waals surface area contributed by atoms with Crippen molar-refractivity contribution in [3.63, 3.8) is 0 Å². The second kappa shape index (κ2) is 3.96. The van der Waals surface area contributed by atoms with Crippen LogP contribution in [0.4, 0.5) is 0 Å². The van der Waals surface area contributed by atoms with Crippen LogP contribution < -0.4 is 0 Å². The van der Waals surface area contributed by atoms with Gasteiger partial charge < -0.3 is 5.11 Å². The first kappa shape index (κ1) is 11.0. The zero-order valence-corrected chi connectivity index (χ0v) is 8.90. The smallest absolute Gasteiger partial charge is 0.312 e. The lowest BCUT2D eigenvalue weighted by Gasteiger charge is -2.41. The summed E-state index contributed by atoms with van der Waals surface area (Å²) in [5, 5.41) is 9.14. The van der Waals surface area contributed by atoms with E-state index in [2.05, 4.69) is 0 Å². The Morgan fingerprint density at radius 3 is 2.50 bits per heavy atom. The van der Waals surface area contributed by atoms with Crippen molar-refractivity contribution >= 4 is 5.97 Å². The molecule has 0 aliphatic heterocycles. The van der Waals surface area contributed by atoms with Gasteiger partial charge in [0.2, 0.25) is 0 Å². The Hall–Kier alpha value is -1.09. The summed E-state index contributed by atoms with van der Waals surface area (Å²) >= 11 is 0. The van der Waals surface area contributed by atoms with Crippen molar-refractivity contribution in [1.82, 2.24) is 4.90 Å². The number of carboxylic acids is 1. The number of carboxylic acid groups (broad SMARTS) is 1. The molecule has 0 saturated carbocycles. The maximum atomic E-state index is 11.1. The van der Waals surface area contributed by atoms with Gasteiger partial charge in [-0.2, -0.15) is 0 Å². The van der Waals surface area contributed by atoms with E-state index in [1.165, 1.54) is 0 Å². The fourth-order valence-electron chi connectivity index (χ4n) is 2.05. The highest BCUT2D eigenvalue weighted by Crippen LogP contribution is 2.32. The topological polar surface area (TPSA) is 40.5 Å². The van der Waals surface area contributed by atoms with Gasteiger partial charge in [-0.25, -0.2) is 0 Å². The molecule has 1 aliphatic rings. The number of nitrogens with zero attached hydrogens (tertiary/aromatic N) is 1. The Kier molecular flexibility index (Phi) is 3.11. The number of aliphatic carboxylic acids is 1. The molecule has 78 valence electrons. The average molecular weight is 195 g/mol. The van der Waals surface area contributed by atoms with Crippen LogP contribution in [0.1, 0.15) is 13.3 Å². The molecule has 0 saturated heterocycles. The quantitative estimate of drug-likeness (QED) is 0.742. The van der Waals surface area contributed by atoms with Crippen molar-refractivity contribution in [2.24, 2.45) is 5.92 Å². The summed E-state index contributed by atoms with van der Waals surface area (Å²) in [6, 6.07) is 0. The Morgan fingerprint density at radius 1 is 1.50 bits per heavy atom. The highest BCUT2D eigenvalue weighted by Gasteiger charge is 2.41. The van der Waals surface area contributed by atoms with E-state index in [0.717, 1.165) is 6.42 Å². The van der Waals surface area contributed by atoms with Crippen LogP contribution in [0.5, 0.6) is 0 Å². The van der Waals surface area contributed by atoms with Gasteiger partial charge in [0.15, 0.2) is 0 Å². The summed E-state index contributed by atoms with van der Waals surface area (Å²) in [5.74, 6) is -1.21. The third-order valence-electron chi connectivity index (χ3n) is 3.00. The summed E-state index contributed by atoms with van der Waals surface area (Å²) in [5.41, 5.74) is -0.374. The van der Waals surface area contributed by atoms with E-state index < -0.39 is 11.9 Å². The molecule has 2 unspecified atom stereocenters. The van der Waals surface area contributed by atoms with Gasteiger partial charge in [0.05, 0.1) is 11.5 Å². The van der Waals surface area contributed by atoms with Gasteiger partial charge in [-0.1, -0.05) is 31.2 Å². The van der Waals surface area contributed by atoms with E-state index in [4.69, 9.17) is 5.11 Å². The Labute approximate surface area is 84.7 Å². The van der Waals surface area contributed by atoms with Crippen LogP contribution in [0.25, 0.3) is 0 Å². The summed E-state index contributed by atoms with van der Waals surface area (Å²) in [6.45, 7) is 2.01. The lowest BCUT2D eigenvalue weighted by Crippen LogP contribution is -2.51. The molecule has 3 heteroatoms. The van der Waals surface area contributed by atoms with Gasteiger partial charge in [0.25, 0.3) is 0 Å². The number of hydrogen-bond acceptors (Lipinski definition) is 2. The SMILES string of the molecule is CCC1(N(C)C)C=CC=CC1C(=O)O. The molecule has 0 aromatic carbocycles. The monoisotopic (exact) mass is 195 g/mol. The average Bonchev–Trinajstić information content (AvgIpc) is 2.17. The molecule has 1 rings (SSSR count). The zero-order chi connectivity index (χ0) is 10.8. The molecule has 0 bridgehead atoms. The summed E-state index contributed by atoms with van der Waals surface area (Å²) < 4.78 is 0. The van der Waals surface area contributed by atoms with Gasteiger partial charge in [-0.3, -0.25) is 9.69 Å². The van der Waals surface area contributed by atoms with E-state index in [1.54, 1.807) is 12.2 Å². The van der Waals surface area contributed by atoms with Gasteiger partial charge in [0.1, 0.15) is 0 Å². The third-order valence-corrected chi connectivity index (χ3v) is 3.00. The van der Waals surface area contributed by atoms with Crippen LogP contribution in [0.15, 0.2) is 24.3 Å². The summed E-state index contributed by atoms with van der Waals surface area (Å²) in [7, 11) is 3.84. The molecule has 0 radical (unpaired) electrons. The van der Waals surface area contributed by atoms with E-state index >= 15 is 0 Å². The van der Waals surface area contributed by atoms with E-state index in [9.17, 15) is 4.79 Å². The zero-order valence-electron chi connectivity index (χ0n) is 8.90. The predicted octanol–water partition coefficient (Wildman–Crippen LogP) is 1.52. The molecule has 0 fully saturated rings. The molecule has 0 heterocycles. The third kappa shape index (κ3) is 1.60. The van der Waals surface area contributed by atoms with Gasteiger partial charge in [0, 0.05) is 0 Å². The predicted molar refractivity (Wildman–Crippen MR) is 56.1 cm³/mol. The number of carbonyl (C=O) groups is 1. The number of rotatable bonds is 3. The second-order valence-electron chi connectivity index (χ2n) is 3.80. The highest BCUT2D eigenvalue weighted by molar-refractivity contribution is 5.75. The Balaban J connectivity index is 3.08. The van der Waals surface area contributed by atoms with Crippen molar-refractivity contribution in [3.05, 3.63) is 24.3 Å². The fraction of sp³-hybridized carbons (Fsp3) is 0.545. The van der Waals surface area contributed by atoms with E-state index in [-0.39, 0.29) is 5.54 Å². The molecule has 0 aromatic rings. The Morgan fingerprint density at radius 2 is 2.14 bits per heavy atom. The van der Waals surface area contributed by atoms with Gasteiger partial charge >= 0.3 is 5.97 Å². The molecule has 2 atom stereocenters. The maximum Gasteiger partial charge on any atom is 0.312 e. The van der Waals surface area contributed by atoms with Crippen LogP contribution in [0.3, 0.4) is 0 Å². The van der Waals surface area contributed by atoms with Crippen molar-refractivity contribution < 1.29 is 9.90 Å². The lowest BCUT2D eigenvalue weighted by atomic mass is 9.77. The first-order chi connectivity index (χ1) is 6.54. The Bertz CT molecular complexity index is 281. The van der Waals surface area contributed by atoms with Crippen molar-refractivity contribution in [1.29, 1.82) is 0 Å². The highest BCUT2D eigenvalue weighted by atomic mass is 16.4. The van der Waals surface area contributed by atoms with Crippen LogP contribution in [0, 0.1) is 5.92 Å².